The van der Waals surface area contributed by atoms with E-state index in [1.54, 1.807) is 12.4 Å². The van der Waals surface area contributed by atoms with E-state index in [4.69, 9.17) is 4.74 Å². The molecule has 136 valence electrons. The number of carbonyl (C=O) groups is 1. The summed E-state index contributed by atoms with van der Waals surface area (Å²) in [6, 6.07) is 3.98. The van der Waals surface area contributed by atoms with Crippen molar-refractivity contribution in [2.45, 2.75) is 25.3 Å². The molecule has 1 unspecified atom stereocenters. The maximum Gasteiger partial charge on any atom is 0.320 e. The van der Waals surface area contributed by atoms with Gasteiger partial charge in [-0.2, -0.15) is 0 Å². The number of piperazine rings is 1. The summed E-state index contributed by atoms with van der Waals surface area (Å²) in [6.45, 7) is 4.65. The molecule has 1 atom stereocenters. The second-order valence-electron chi connectivity index (χ2n) is 5.88. The van der Waals surface area contributed by atoms with Crippen LogP contribution in [0.2, 0.25) is 0 Å². The zero-order chi connectivity index (χ0) is 15.2. The summed E-state index contributed by atoms with van der Waals surface area (Å²) < 4.78 is 5.80. The van der Waals surface area contributed by atoms with Crippen molar-refractivity contribution in [1.29, 1.82) is 0 Å². The largest absolute Gasteiger partial charge is 0.490 e. The average molecular weight is 377 g/mol. The molecule has 1 aromatic heterocycles. The van der Waals surface area contributed by atoms with E-state index in [0.29, 0.717) is 6.61 Å². The quantitative estimate of drug-likeness (QED) is 0.878. The number of likely N-dealkylation sites (tertiary alicyclic amines) is 1. The van der Waals surface area contributed by atoms with Crippen molar-refractivity contribution in [3.63, 3.8) is 0 Å². The third-order valence-electron chi connectivity index (χ3n) is 4.30. The number of piperidine rings is 1. The van der Waals surface area contributed by atoms with Crippen LogP contribution in [-0.2, 0) is 0 Å². The van der Waals surface area contributed by atoms with Crippen molar-refractivity contribution in [3.8, 4) is 5.75 Å². The number of nitrogens with zero attached hydrogens (tertiary/aromatic N) is 3. The van der Waals surface area contributed by atoms with Crippen LogP contribution in [0.3, 0.4) is 0 Å². The van der Waals surface area contributed by atoms with Gasteiger partial charge in [-0.25, -0.2) is 4.79 Å². The van der Waals surface area contributed by atoms with Crippen LogP contribution >= 0.6 is 24.8 Å². The highest BCUT2D eigenvalue weighted by molar-refractivity contribution is 5.85. The Labute approximate surface area is 155 Å². The van der Waals surface area contributed by atoms with E-state index in [0.717, 1.165) is 51.3 Å². The number of halogens is 2. The van der Waals surface area contributed by atoms with Gasteiger partial charge in [0.25, 0.3) is 0 Å². The molecule has 8 heteroatoms. The predicted molar refractivity (Wildman–Crippen MR) is 98.4 cm³/mol. The van der Waals surface area contributed by atoms with Gasteiger partial charge in [0, 0.05) is 38.9 Å². The van der Waals surface area contributed by atoms with Gasteiger partial charge in [-0.3, -0.25) is 4.98 Å². The van der Waals surface area contributed by atoms with E-state index < -0.39 is 0 Å². The molecule has 2 amide bonds. The van der Waals surface area contributed by atoms with Gasteiger partial charge in [-0.15, -0.1) is 24.8 Å². The van der Waals surface area contributed by atoms with Crippen molar-refractivity contribution in [3.05, 3.63) is 24.5 Å². The topological polar surface area (TPSA) is 57.7 Å². The Hall–Kier alpha value is -1.24. The van der Waals surface area contributed by atoms with Crippen LogP contribution in [0, 0.1) is 0 Å². The maximum absolute atomic E-state index is 12.7. The molecule has 24 heavy (non-hydrogen) atoms. The fourth-order valence-corrected chi connectivity index (χ4v) is 3.05. The molecule has 0 radical (unpaired) electrons. The highest BCUT2D eigenvalue weighted by Crippen LogP contribution is 2.15. The maximum atomic E-state index is 12.7. The number of urea groups is 1. The molecule has 1 aromatic rings. The molecular formula is C16H26Cl2N4O2. The standard InChI is InChI=1S/C16H24N4O2.2ClH/c21-16(19-8-2-1-3-9-19)20-10-7-18-11-14(20)13-22-15-5-4-6-17-12-15;;/h4-6,12,14,18H,1-3,7-11,13H2;2*1H. The smallest absolute Gasteiger partial charge is 0.320 e. The number of carbonyl (C=O) groups excluding carboxylic acids is 1. The van der Waals surface area contributed by atoms with Crippen molar-refractivity contribution in [1.82, 2.24) is 20.1 Å². The van der Waals surface area contributed by atoms with Crippen LogP contribution < -0.4 is 10.1 Å². The third-order valence-corrected chi connectivity index (χ3v) is 4.30. The number of rotatable bonds is 3. The molecule has 1 N–H and O–H groups in total. The van der Waals surface area contributed by atoms with Crippen molar-refractivity contribution < 1.29 is 9.53 Å². The fraction of sp³-hybridized carbons (Fsp3) is 0.625. The molecule has 2 aliphatic heterocycles. The first kappa shape index (κ1) is 20.8. The van der Waals surface area contributed by atoms with E-state index in [2.05, 4.69) is 10.3 Å². The van der Waals surface area contributed by atoms with Gasteiger partial charge in [0.1, 0.15) is 12.4 Å². The molecule has 0 spiro atoms. The molecule has 3 heterocycles. The molecule has 3 rings (SSSR count). The van der Waals surface area contributed by atoms with Crippen LogP contribution in [0.1, 0.15) is 19.3 Å². The summed E-state index contributed by atoms with van der Waals surface area (Å²) in [5.41, 5.74) is 0. The van der Waals surface area contributed by atoms with Gasteiger partial charge in [-0.05, 0) is 31.4 Å². The summed E-state index contributed by atoms with van der Waals surface area (Å²) in [4.78, 5) is 20.7. The number of pyridine rings is 1. The number of ether oxygens (including phenoxy) is 1. The molecule has 0 aromatic carbocycles. The van der Waals surface area contributed by atoms with Gasteiger partial charge in [0.2, 0.25) is 0 Å². The second-order valence-corrected chi connectivity index (χ2v) is 5.88. The third kappa shape index (κ3) is 5.40. The van der Waals surface area contributed by atoms with Crippen LogP contribution in [0.25, 0.3) is 0 Å². The van der Waals surface area contributed by atoms with E-state index in [1.165, 1.54) is 6.42 Å². The van der Waals surface area contributed by atoms with Crippen LogP contribution in [0.15, 0.2) is 24.5 Å². The van der Waals surface area contributed by atoms with E-state index in [9.17, 15) is 4.79 Å². The number of hydrogen-bond acceptors (Lipinski definition) is 4. The molecule has 2 saturated heterocycles. The number of hydrogen-bond donors (Lipinski definition) is 1. The van der Waals surface area contributed by atoms with Crippen LogP contribution in [0.5, 0.6) is 5.75 Å². The lowest BCUT2D eigenvalue weighted by atomic mass is 10.1. The lowest BCUT2D eigenvalue weighted by Gasteiger charge is -2.40. The predicted octanol–water partition coefficient (Wildman–Crippen LogP) is 2.18. The second kappa shape index (κ2) is 10.6. The van der Waals surface area contributed by atoms with Gasteiger partial charge >= 0.3 is 6.03 Å². The van der Waals surface area contributed by atoms with Gasteiger partial charge in [0.05, 0.1) is 12.2 Å². The highest BCUT2D eigenvalue weighted by atomic mass is 35.5. The Morgan fingerprint density at radius 2 is 2.04 bits per heavy atom. The minimum Gasteiger partial charge on any atom is -0.490 e. The summed E-state index contributed by atoms with van der Waals surface area (Å²) in [5, 5.41) is 3.35. The SMILES string of the molecule is Cl.Cl.O=C(N1CCCCC1)N1CCNCC1COc1cccnc1. The number of nitrogens with one attached hydrogen (secondary N) is 1. The lowest BCUT2D eigenvalue weighted by molar-refractivity contribution is 0.0929. The summed E-state index contributed by atoms with van der Waals surface area (Å²) >= 11 is 0. The Balaban J connectivity index is 0.00000144. The Kier molecular flexibility index (Phi) is 9.18. The van der Waals surface area contributed by atoms with Crippen LogP contribution in [-0.4, -0.2) is 66.2 Å². The Bertz CT molecular complexity index is 486. The summed E-state index contributed by atoms with van der Waals surface area (Å²) in [6.07, 6.45) is 6.90. The lowest BCUT2D eigenvalue weighted by Crippen LogP contribution is -2.59. The van der Waals surface area contributed by atoms with Gasteiger partial charge in [-0.1, -0.05) is 0 Å². The van der Waals surface area contributed by atoms with E-state index in [-0.39, 0.29) is 36.9 Å². The van der Waals surface area contributed by atoms with Crippen molar-refractivity contribution >= 4 is 30.8 Å². The number of amides is 2. The summed E-state index contributed by atoms with van der Waals surface area (Å²) in [7, 11) is 0. The Morgan fingerprint density at radius 3 is 2.75 bits per heavy atom. The van der Waals surface area contributed by atoms with Crippen molar-refractivity contribution in [2.24, 2.45) is 0 Å². The highest BCUT2D eigenvalue weighted by Gasteiger charge is 2.30. The molecule has 0 aliphatic carbocycles. The first-order valence-corrected chi connectivity index (χ1v) is 8.14. The molecule has 6 nitrogen and oxygen atoms in total. The fourth-order valence-electron chi connectivity index (χ4n) is 3.05. The Morgan fingerprint density at radius 1 is 1.25 bits per heavy atom. The minimum atomic E-state index is 0. The van der Waals surface area contributed by atoms with Crippen molar-refractivity contribution in [2.75, 3.05) is 39.3 Å². The summed E-state index contributed by atoms with van der Waals surface area (Å²) in [5.74, 6) is 0.749. The molecule has 2 aliphatic rings. The van der Waals surface area contributed by atoms with E-state index in [1.807, 2.05) is 21.9 Å². The monoisotopic (exact) mass is 376 g/mol. The number of aromatic nitrogens is 1. The first-order chi connectivity index (χ1) is 10.8. The first-order valence-electron chi connectivity index (χ1n) is 8.14. The molecular weight excluding hydrogens is 351 g/mol. The zero-order valence-corrected chi connectivity index (χ0v) is 15.4. The van der Waals surface area contributed by atoms with Gasteiger partial charge < -0.3 is 19.9 Å². The normalized spacial score (nSPS) is 20.6. The molecule has 0 bridgehead atoms. The minimum absolute atomic E-state index is 0. The average Bonchev–Trinajstić information content (AvgIpc) is 2.61. The van der Waals surface area contributed by atoms with E-state index >= 15 is 0 Å². The van der Waals surface area contributed by atoms with Gasteiger partial charge in [0.15, 0.2) is 0 Å². The zero-order valence-electron chi connectivity index (χ0n) is 13.7. The molecule has 2 fully saturated rings. The van der Waals surface area contributed by atoms with Crippen LogP contribution in [0.4, 0.5) is 4.79 Å². The molecule has 0 saturated carbocycles.